The van der Waals surface area contributed by atoms with Crippen LogP contribution >= 0.6 is 24.0 Å². The van der Waals surface area contributed by atoms with Gasteiger partial charge in [-0.05, 0) is 186 Å². The van der Waals surface area contributed by atoms with Gasteiger partial charge in [-0.15, -0.1) is 0 Å². The van der Waals surface area contributed by atoms with E-state index in [2.05, 4.69) is 79.0 Å². The van der Waals surface area contributed by atoms with Crippen LogP contribution in [0.1, 0.15) is 153 Å². The number of aromatic hydroxyl groups is 2. The number of aromatic nitrogens is 1. The molecular formula is C94H119N19O24S2. The predicted molar refractivity (Wildman–Crippen MR) is 513 cm³/mol. The van der Waals surface area contributed by atoms with Crippen LogP contribution in [0.4, 0.5) is 5.69 Å². The molecular weight excluding hydrogens is 1840 g/mol. The summed E-state index contributed by atoms with van der Waals surface area (Å²) in [5, 5.41) is 103. The third-order valence-corrected chi connectivity index (χ3v) is 25.1. The van der Waals surface area contributed by atoms with Crippen molar-refractivity contribution in [3.63, 3.8) is 0 Å². The summed E-state index contributed by atoms with van der Waals surface area (Å²) in [5.74, 6) is -17.6. The Labute approximate surface area is 807 Å². The Bertz CT molecular complexity index is 5790. The van der Waals surface area contributed by atoms with Gasteiger partial charge < -0.3 is 125 Å². The summed E-state index contributed by atoms with van der Waals surface area (Å²) in [7, 11) is 0. The van der Waals surface area contributed by atoms with Gasteiger partial charge in [0.1, 0.15) is 95.3 Å². The van der Waals surface area contributed by atoms with Crippen molar-refractivity contribution in [2.24, 2.45) is 33.5 Å². The number of phenols is 2. The fourth-order valence-corrected chi connectivity index (χ4v) is 17.4. The quantitative estimate of drug-likeness (QED) is 0.0148. The number of amides is 13. The summed E-state index contributed by atoms with van der Waals surface area (Å²) in [6.07, 6.45) is -0.135. The van der Waals surface area contributed by atoms with E-state index in [4.69, 9.17) is 28.1 Å². The van der Waals surface area contributed by atoms with Crippen molar-refractivity contribution in [3.8, 4) is 33.9 Å². The number of aliphatic hydroxyl groups is 1. The molecule has 0 spiro atoms. The lowest BCUT2D eigenvalue weighted by molar-refractivity contribution is -0.150. The molecule has 139 heavy (non-hydrogen) atoms. The molecule has 0 unspecified atom stereocenters. The van der Waals surface area contributed by atoms with Crippen molar-refractivity contribution in [2.75, 3.05) is 43.5 Å². The Kier molecular flexibility index (Phi) is 37.8. The first-order chi connectivity index (χ1) is 66.1. The van der Waals surface area contributed by atoms with Crippen LogP contribution in [0.15, 0.2) is 129 Å². The second-order valence-electron chi connectivity index (χ2n) is 35.4. The van der Waals surface area contributed by atoms with Crippen LogP contribution in [0, 0.1) is 11.8 Å². The molecule has 2 saturated heterocycles. The highest BCUT2D eigenvalue weighted by Crippen LogP contribution is 2.43. The number of carboxylic acids is 3. The number of aromatic amines is 1. The van der Waals surface area contributed by atoms with Crippen LogP contribution in [-0.2, 0) is 84.8 Å². The molecule has 2 fully saturated rings. The van der Waals surface area contributed by atoms with Crippen LogP contribution in [0.2, 0.25) is 0 Å². The van der Waals surface area contributed by atoms with E-state index in [1.54, 1.807) is 77.4 Å². The molecule has 0 saturated carbocycles. The van der Waals surface area contributed by atoms with E-state index < -0.39 is 210 Å². The lowest BCUT2D eigenvalue weighted by Gasteiger charge is -2.32. The first-order valence-corrected chi connectivity index (χ1v) is 47.5. The number of rotatable bonds is 50. The maximum Gasteiger partial charge on any atom is 0.336 e. The third kappa shape index (κ3) is 29.4. The number of nitrogens with one attached hydrogen (secondary N) is 13. The molecule has 5 aliphatic rings. The minimum atomic E-state index is -1.87. The van der Waals surface area contributed by atoms with Crippen LogP contribution < -0.4 is 80.7 Å². The van der Waals surface area contributed by atoms with Gasteiger partial charge in [0, 0.05) is 96.8 Å². The number of benzene rings is 5. The topological polar surface area (TPSA) is 668 Å². The van der Waals surface area contributed by atoms with Crippen molar-refractivity contribution in [1.29, 1.82) is 0 Å². The molecule has 5 heterocycles. The summed E-state index contributed by atoms with van der Waals surface area (Å²) in [4.78, 5) is 244. The number of anilines is 1. The van der Waals surface area contributed by atoms with E-state index in [0.29, 0.717) is 57.8 Å². The number of para-hydroxylation sites is 1. The Balaban J connectivity index is 0.801. The summed E-state index contributed by atoms with van der Waals surface area (Å²) in [6, 6.07) is 6.58. The van der Waals surface area contributed by atoms with Gasteiger partial charge in [0.25, 0.3) is 0 Å². The van der Waals surface area contributed by atoms with Gasteiger partial charge in [0.05, 0.1) is 24.5 Å². The number of likely N-dealkylation sites (tertiary alicyclic amines) is 2. The number of hydrogen-bond acceptors (Lipinski definition) is 26. The van der Waals surface area contributed by atoms with Gasteiger partial charge in [0.2, 0.25) is 76.8 Å². The van der Waals surface area contributed by atoms with E-state index in [1.165, 1.54) is 89.5 Å². The number of primary amides is 1. The number of aliphatic carboxylic acids is 2. The lowest BCUT2D eigenvalue weighted by atomic mass is 9.90. The number of carboxylic acid groups (broad SMARTS) is 3. The zero-order chi connectivity index (χ0) is 101. The number of nitrogens with two attached hydrogens (primary N) is 2. The molecule has 5 aromatic rings. The van der Waals surface area contributed by atoms with Crippen LogP contribution in [0.5, 0.6) is 11.5 Å². The molecule has 1 aliphatic carbocycles. The fourth-order valence-electron chi connectivity index (χ4n) is 16.7. The minimum Gasteiger partial charge on any atom is -0.508 e. The van der Waals surface area contributed by atoms with E-state index in [1.807, 2.05) is 0 Å². The molecule has 10 rings (SSSR count). The number of carbonyl (C=O) groups is 16. The molecule has 13 amide bonds. The Morgan fingerprint density at radius 3 is 1.83 bits per heavy atom. The number of aromatic carboxylic acids is 1. The van der Waals surface area contributed by atoms with Crippen LogP contribution in [0.25, 0.3) is 44.3 Å². The Hall–Kier alpha value is -14.2. The zero-order valence-electron chi connectivity index (χ0n) is 77.7. The molecule has 14 atom stereocenters. The summed E-state index contributed by atoms with van der Waals surface area (Å²) >= 11 is 6.76. The van der Waals surface area contributed by atoms with Crippen molar-refractivity contribution < 1.29 is 112 Å². The standard InChI is InChI=1S/C94H119N19O24S2/c1-8-48(4)78(90(132)113-35-14-19-71(113)92(135)136)109-86(128)68(44-76(120)121)105-84(126)66(39-51-46-98-61-16-10-9-15-56(51)61)104-80(122)62(17-11-12-32-95)101-87(129)70-18-13-34-112(70)89(131)69(45-94(6)110-111-94)107-81(123)63(31-36-139-7)100-83(125)65(38-50-20-23-53(115)24-21-50)103-82(124)64(37-47(2)3)102-85(127)67(43-74(96)118)106-88(130)79(49(5)114)108-75(119)30-33-97-93(138)99-52-22-27-57(60(40-52)91(133)134)77-58-28-25-54(116)41-72(58)137-73-42-55(117)26-29-59(73)77/h9-10,15-16,20-29,40-42,46-49,62-71,78-79,98,114-116H,8,11-14,17-19,30-39,43-45,95H2,1-7H3,(H2,96,118)(H,100,125)(H,101,129)(H,102,127)(H,103,124)(H,104,122)(H,105,126)(H,106,130)(H,107,123)(H,108,119)(H,109,128)(H,120,121)(H,133,134)(H,135,136)(H2,97,99,138)/t48-,49+,62-,63-,64-,65-,66-,67-,68-,69-,70-,71-,78-,79-/m0/s1. The summed E-state index contributed by atoms with van der Waals surface area (Å²) in [5.41, 5.74) is 12.6. The van der Waals surface area contributed by atoms with Crippen LogP contribution in [0.3, 0.4) is 0 Å². The number of unbranched alkanes of at least 4 members (excludes halogenated alkanes) is 1. The monoisotopic (exact) mass is 1960 g/mol. The van der Waals surface area contributed by atoms with Gasteiger partial charge in [0.15, 0.2) is 16.2 Å². The first-order valence-electron chi connectivity index (χ1n) is 45.7. The number of aliphatic hydroxyl groups excluding tert-OH is 1. The number of carbonyl (C=O) groups excluding carboxylic acids is 13. The average molecular weight is 1960 g/mol. The zero-order valence-corrected chi connectivity index (χ0v) is 79.3. The molecule has 43 nitrogen and oxygen atoms in total. The summed E-state index contributed by atoms with van der Waals surface area (Å²) < 4.78 is 5.92. The number of nitrogens with zero attached hydrogens (tertiary/aromatic N) is 4. The highest BCUT2D eigenvalue weighted by atomic mass is 32.2. The number of hydrogen-bond donors (Lipinski definition) is 21. The van der Waals surface area contributed by atoms with E-state index in [9.17, 15) is 93.0 Å². The molecule has 0 bridgehead atoms. The highest BCUT2D eigenvalue weighted by molar-refractivity contribution is 7.98. The maximum absolute atomic E-state index is 15.3. The van der Waals surface area contributed by atoms with Crippen molar-refractivity contribution in [3.05, 3.63) is 136 Å². The normalized spacial score (nSPS) is 16.8. The smallest absolute Gasteiger partial charge is 0.336 e. The SMILES string of the molecule is CC[C@H](C)[C@H](NC(=O)[C@H](CC(=O)O)NC(=O)[C@H](Cc1c[nH]c2ccccc12)NC(=O)[C@H](CCCCN)NC(=O)[C@@H]1CCCN1C(=O)[C@H](CC1(C)N=N1)NC(=O)[C@H](CCSC)NC(=O)[C@H](Cc1ccc(O)cc1)NC(=O)[C@H](CC(C)C)NC(=O)[C@H](CC(N)=O)NC(=O)[C@@H](NC(=O)CCNC(=S)Nc1ccc(-c2c3ccc(=O)cc-3oc3cc(O)ccc23)c(C(=O)O)c1)[C@@H](C)O)C(=O)N1CCC[C@H]1C(=O)O. The Morgan fingerprint density at radius 1 is 0.612 bits per heavy atom. The number of phenolic OH excluding ortho intramolecular Hbond substituents is 2. The molecule has 45 heteroatoms. The third-order valence-electron chi connectivity index (χ3n) is 24.2. The largest absolute Gasteiger partial charge is 0.508 e. The van der Waals surface area contributed by atoms with Gasteiger partial charge >= 0.3 is 17.9 Å². The van der Waals surface area contributed by atoms with Crippen molar-refractivity contribution in [1.82, 2.24) is 73.3 Å². The molecule has 4 aromatic carbocycles. The van der Waals surface area contributed by atoms with Gasteiger partial charge in [-0.3, -0.25) is 71.9 Å². The fraction of sp³-hybridized carbons (Fsp3) is 0.468. The van der Waals surface area contributed by atoms with E-state index >= 15 is 19.2 Å². The Morgan fingerprint density at radius 2 is 1.19 bits per heavy atom. The second-order valence-corrected chi connectivity index (χ2v) is 36.8. The van der Waals surface area contributed by atoms with Crippen molar-refractivity contribution >= 4 is 151 Å². The van der Waals surface area contributed by atoms with Gasteiger partial charge in [-0.1, -0.05) is 70.5 Å². The molecule has 746 valence electrons. The lowest BCUT2D eigenvalue weighted by Crippen LogP contribution is -2.61. The number of thiocarbonyl (C=S) groups is 1. The number of fused-ring (bicyclic) bond motifs is 3. The molecule has 0 radical (unpaired) electrons. The predicted octanol–water partition coefficient (Wildman–Crippen LogP) is 2.51. The minimum absolute atomic E-state index is 0.0383. The molecule has 23 N–H and O–H groups in total. The second kappa shape index (κ2) is 49.2. The first kappa shape index (κ1) is 107. The van der Waals surface area contributed by atoms with Crippen LogP contribution in [-0.4, -0.2) is 268 Å². The number of thioether (sulfide) groups is 1. The molecule has 4 aliphatic heterocycles. The number of H-pyrrole nitrogens is 1. The molecule has 1 aromatic heterocycles. The van der Waals surface area contributed by atoms with E-state index in [-0.39, 0.29) is 146 Å². The van der Waals surface area contributed by atoms with Gasteiger partial charge in [-0.25, -0.2) is 9.59 Å². The average Bonchev–Trinajstić information content (AvgIpc) is 1.69. The maximum atomic E-state index is 15.3. The van der Waals surface area contributed by atoms with Crippen molar-refractivity contribution in [2.45, 2.75) is 229 Å². The van der Waals surface area contributed by atoms with E-state index in [0.717, 1.165) is 11.8 Å². The summed E-state index contributed by atoms with van der Waals surface area (Å²) in [6.45, 7) is 9.48. The highest BCUT2D eigenvalue weighted by Gasteiger charge is 2.47. The van der Waals surface area contributed by atoms with Gasteiger partial charge in [-0.2, -0.15) is 22.0 Å².